The largest absolute Gasteiger partial charge is 0.472 e. The first-order chi connectivity index (χ1) is 28.0. The first-order valence-corrected chi connectivity index (χ1v) is 24.7. The van der Waals surface area contributed by atoms with Crippen LogP contribution in [0.15, 0.2) is 24.3 Å². The van der Waals surface area contributed by atoms with Gasteiger partial charge in [0.05, 0.1) is 13.2 Å². The number of carbonyl (C=O) groups is 1. The predicted octanol–water partition coefficient (Wildman–Crippen LogP) is 9.31. The number of phosphoric acid groups is 1. The molecule has 1 fully saturated rings. The third kappa shape index (κ3) is 28.4. The summed E-state index contributed by atoms with van der Waals surface area (Å²) in [5.41, 5.74) is 0. The summed E-state index contributed by atoms with van der Waals surface area (Å²) in [6, 6.07) is 0. The van der Waals surface area contributed by atoms with E-state index in [1.54, 1.807) is 0 Å². The van der Waals surface area contributed by atoms with Gasteiger partial charge in [0.2, 0.25) is 0 Å². The Morgan fingerprint density at radius 3 is 1.38 bits per heavy atom. The molecule has 0 radical (unpaired) electrons. The van der Waals surface area contributed by atoms with Crippen LogP contribution in [-0.4, -0.2) is 98.9 Å². The molecule has 0 aromatic carbocycles. The highest BCUT2D eigenvalue weighted by Gasteiger charge is 2.51. The molecule has 0 bridgehead atoms. The summed E-state index contributed by atoms with van der Waals surface area (Å²) < 4.78 is 34.2. The van der Waals surface area contributed by atoms with E-state index < -0.39 is 63.1 Å². The van der Waals surface area contributed by atoms with Crippen molar-refractivity contribution in [3.8, 4) is 0 Å². The number of phosphoric ester groups is 1. The molecule has 0 aromatic heterocycles. The van der Waals surface area contributed by atoms with Crippen molar-refractivity contribution in [2.24, 2.45) is 0 Å². The highest BCUT2D eigenvalue weighted by Crippen LogP contribution is 2.47. The topological polar surface area (TPSA) is 192 Å². The van der Waals surface area contributed by atoms with Crippen molar-refractivity contribution in [1.82, 2.24) is 0 Å². The van der Waals surface area contributed by atoms with Gasteiger partial charge in [-0.3, -0.25) is 13.8 Å². The number of aliphatic hydroxyl groups excluding tert-OH is 5. The summed E-state index contributed by atoms with van der Waals surface area (Å²) in [4.78, 5) is 23.1. The summed E-state index contributed by atoms with van der Waals surface area (Å²) in [6.07, 6.45) is 28.2. The zero-order valence-corrected chi connectivity index (χ0v) is 37.2. The van der Waals surface area contributed by atoms with Crippen molar-refractivity contribution >= 4 is 13.8 Å². The Balaban J connectivity index is 2.39. The number of hydrogen-bond acceptors (Lipinski definition) is 11. The maximum absolute atomic E-state index is 12.8. The number of rotatable bonds is 39. The Bertz CT molecular complexity index is 1060. The van der Waals surface area contributed by atoms with Gasteiger partial charge in [0.25, 0.3) is 0 Å². The lowest BCUT2D eigenvalue weighted by Gasteiger charge is -2.41. The second-order valence-corrected chi connectivity index (χ2v) is 17.7. The maximum atomic E-state index is 12.8. The Morgan fingerprint density at radius 2 is 0.914 bits per heavy atom. The van der Waals surface area contributed by atoms with E-state index >= 15 is 0 Å². The van der Waals surface area contributed by atoms with Gasteiger partial charge in [-0.15, -0.1) is 0 Å². The van der Waals surface area contributed by atoms with Crippen LogP contribution in [0.1, 0.15) is 194 Å². The number of allylic oxidation sites excluding steroid dienone is 4. The molecule has 6 unspecified atom stereocenters. The van der Waals surface area contributed by atoms with Crippen molar-refractivity contribution in [1.29, 1.82) is 0 Å². The third-order valence-electron chi connectivity index (χ3n) is 10.8. The van der Waals surface area contributed by atoms with Crippen LogP contribution in [0.4, 0.5) is 0 Å². The SMILES string of the molecule is CCCCCC/C=C\CCCCCCCC(=O)OC(COCCCCCCCCCC/C=C\CCCCCCCC)COP(=O)(O)OC1C(O)C(O)C(O)C(O)C1O. The Labute approximate surface area is 351 Å². The summed E-state index contributed by atoms with van der Waals surface area (Å²) in [7, 11) is -5.02. The fraction of sp³-hybridized carbons (Fsp3) is 0.889. The van der Waals surface area contributed by atoms with Gasteiger partial charge in [0, 0.05) is 13.0 Å². The molecule has 342 valence electrons. The van der Waals surface area contributed by atoms with Crippen LogP contribution in [0.3, 0.4) is 0 Å². The van der Waals surface area contributed by atoms with Crippen LogP contribution < -0.4 is 0 Å². The number of aliphatic hydroxyl groups is 5. The molecule has 1 saturated carbocycles. The number of carbonyl (C=O) groups excluding carboxylic acids is 1. The fourth-order valence-electron chi connectivity index (χ4n) is 7.05. The molecule has 1 aliphatic carbocycles. The molecule has 0 heterocycles. The van der Waals surface area contributed by atoms with E-state index in [0.29, 0.717) is 13.0 Å². The van der Waals surface area contributed by atoms with E-state index in [1.807, 2.05) is 0 Å². The molecule has 0 spiro atoms. The first kappa shape index (κ1) is 54.8. The fourth-order valence-corrected chi connectivity index (χ4v) is 8.02. The molecule has 6 N–H and O–H groups in total. The summed E-state index contributed by atoms with van der Waals surface area (Å²) >= 11 is 0. The molecular weight excluding hydrogens is 763 g/mol. The summed E-state index contributed by atoms with van der Waals surface area (Å²) in [5.74, 6) is -0.487. The molecule has 12 nitrogen and oxygen atoms in total. The second kappa shape index (κ2) is 36.5. The standard InChI is InChI=1S/C45H85O12P/c1-3-5-7-9-11-13-15-17-18-19-20-21-23-25-27-29-31-33-35-54-36-38(37-55-58(52,53)57-45-43(50)41(48)40(47)42(49)44(45)51)56-39(46)34-32-30-28-26-24-22-16-14-12-10-8-6-4-2/h14,16-18,38,40-45,47-51H,3-13,15,19-37H2,1-2H3,(H,52,53)/b16-14-,18-17-. The second-order valence-electron chi connectivity index (χ2n) is 16.2. The van der Waals surface area contributed by atoms with Gasteiger partial charge in [0.15, 0.2) is 0 Å². The summed E-state index contributed by atoms with van der Waals surface area (Å²) in [6.45, 7) is 4.23. The minimum Gasteiger partial charge on any atom is -0.457 e. The quantitative estimate of drug-likeness (QED) is 0.0149. The van der Waals surface area contributed by atoms with Crippen LogP contribution >= 0.6 is 7.82 Å². The molecule has 13 heteroatoms. The first-order valence-electron chi connectivity index (χ1n) is 23.2. The molecule has 0 saturated heterocycles. The van der Waals surface area contributed by atoms with Gasteiger partial charge in [-0.25, -0.2) is 4.57 Å². The van der Waals surface area contributed by atoms with E-state index in [2.05, 4.69) is 38.2 Å². The number of unbranched alkanes of at least 4 members (excludes halogenated alkanes) is 23. The molecular formula is C45H85O12P. The van der Waals surface area contributed by atoms with Crippen LogP contribution in [0.5, 0.6) is 0 Å². The highest BCUT2D eigenvalue weighted by atomic mass is 31.2. The van der Waals surface area contributed by atoms with E-state index in [-0.39, 0.29) is 13.0 Å². The molecule has 0 aliphatic heterocycles. The minimum absolute atomic E-state index is 0.0798. The highest BCUT2D eigenvalue weighted by molar-refractivity contribution is 7.47. The molecule has 0 amide bonds. The van der Waals surface area contributed by atoms with E-state index in [0.717, 1.165) is 57.8 Å². The maximum Gasteiger partial charge on any atom is 0.472 e. The lowest BCUT2D eigenvalue weighted by Crippen LogP contribution is -2.64. The van der Waals surface area contributed by atoms with Gasteiger partial charge >= 0.3 is 13.8 Å². The number of esters is 1. The predicted molar refractivity (Wildman–Crippen MR) is 230 cm³/mol. The molecule has 1 aliphatic rings. The zero-order valence-electron chi connectivity index (χ0n) is 36.4. The van der Waals surface area contributed by atoms with Crippen molar-refractivity contribution in [2.75, 3.05) is 19.8 Å². The van der Waals surface area contributed by atoms with Crippen LogP contribution in [0.25, 0.3) is 0 Å². The molecule has 6 atom stereocenters. The van der Waals surface area contributed by atoms with Crippen LogP contribution in [0.2, 0.25) is 0 Å². The minimum atomic E-state index is -5.02. The molecule has 58 heavy (non-hydrogen) atoms. The van der Waals surface area contributed by atoms with Gasteiger partial charge in [-0.05, 0) is 64.2 Å². The van der Waals surface area contributed by atoms with Crippen molar-refractivity contribution in [2.45, 2.75) is 236 Å². The average molecular weight is 849 g/mol. The van der Waals surface area contributed by atoms with E-state index in [9.17, 15) is 39.8 Å². The zero-order chi connectivity index (χ0) is 42.7. The lowest BCUT2D eigenvalue weighted by molar-refractivity contribution is -0.220. The Hall–Kier alpha value is -1.18. The van der Waals surface area contributed by atoms with Crippen molar-refractivity contribution in [3.63, 3.8) is 0 Å². The van der Waals surface area contributed by atoms with Gasteiger partial charge in [-0.2, -0.15) is 0 Å². The number of hydrogen-bond donors (Lipinski definition) is 6. The monoisotopic (exact) mass is 849 g/mol. The summed E-state index contributed by atoms with van der Waals surface area (Å²) in [5, 5.41) is 50.1. The Morgan fingerprint density at radius 1 is 0.534 bits per heavy atom. The normalized spacial score (nSPS) is 22.8. The van der Waals surface area contributed by atoms with Crippen molar-refractivity contribution < 1.29 is 58.3 Å². The third-order valence-corrected chi connectivity index (χ3v) is 11.8. The average Bonchev–Trinajstić information content (AvgIpc) is 3.21. The molecule has 0 aromatic rings. The van der Waals surface area contributed by atoms with E-state index in [4.69, 9.17) is 18.5 Å². The Kier molecular flexibility index (Phi) is 34.5. The van der Waals surface area contributed by atoms with Crippen LogP contribution in [-0.2, 0) is 27.9 Å². The lowest BCUT2D eigenvalue weighted by atomic mass is 9.85. The van der Waals surface area contributed by atoms with Crippen LogP contribution in [0, 0.1) is 0 Å². The smallest absolute Gasteiger partial charge is 0.457 e. The van der Waals surface area contributed by atoms with E-state index in [1.165, 1.54) is 109 Å². The molecule has 1 rings (SSSR count). The number of ether oxygens (including phenoxy) is 2. The van der Waals surface area contributed by atoms with Gasteiger partial charge in [0.1, 0.15) is 42.7 Å². The van der Waals surface area contributed by atoms with Gasteiger partial charge < -0.3 is 39.9 Å². The van der Waals surface area contributed by atoms with Gasteiger partial charge in [-0.1, -0.05) is 147 Å². The van der Waals surface area contributed by atoms with Crippen molar-refractivity contribution in [3.05, 3.63) is 24.3 Å².